The molecule has 0 atom stereocenters. The van der Waals surface area contributed by atoms with Crippen LogP contribution in [0.5, 0.6) is 0 Å². The Morgan fingerprint density at radius 2 is 1.85 bits per heavy atom. The summed E-state index contributed by atoms with van der Waals surface area (Å²) in [5, 5.41) is 3.28. The first-order valence-electron chi connectivity index (χ1n) is 4.52. The molecule has 72 valence electrons. The van der Waals surface area contributed by atoms with Crippen molar-refractivity contribution in [2.45, 2.75) is 13.5 Å². The number of benzene rings is 1. The zero-order chi connectivity index (χ0) is 9.52. The Bertz CT molecular complexity index is 230. The molecule has 0 saturated carbocycles. The summed E-state index contributed by atoms with van der Waals surface area (Å²) < 4.78 is 0. The van der Waals surface area contributed by atoms with E-state index in [1.807, 2.05) is 0 Å². The molecule has 0 spiro atoms. The molecule has 4 N–H and O–H groups in total. The van der Waals surface area contributed by atoms with Gasteiger partial charge in [-0.3, -0.25) is 11.3 Å². The molecule has 1 aromatic rings. The van der Waals surface area contributed by atoms with Gasteiger partial charge in [-0.25, -0.2) is 0 Å². The second-order valence-corrected chi connectivity index (χ2v) is 3.12. The Balaban J connectivity index is 2.25. The predicted octanol–water partition coefficient (Wildman–Crippen LogP) is 0.548. The average Bonchev–Trinajstić information content (AvgIpc) is 2.15. The first-order valence-corrected chi connectivity index (χ1v) is 4.52. The van der Waals surface area contributed by atoms with Crippen molar-refractivity contribution in [1.82, 2.24) is 10.7 Å². The lowest BCUT2D eigenvalue weighted by Crippen LogP contribution is -2.31. The second-order valence-electron chi connectivity index (χ2n) is 3.12. The molecule has 0 saturated heterocycles. The summed E-state index contributed by atoms with van der Waals surface area (Å²) in [6.07, 6.45) is 0. The van der Waals surface area contributed by atoms with Gasteiger partial charge in [-0.2, -0.15) is 0 Å². The molecule has 3 heteroatoms. The summed E-state index contributed by atoms with van der Waals surface area (Å²) >= 11 is 0. The van der Waals surface area contributed by atoms with Crippen molar-refractivity contribution in [3.05, 3.63) is 35.4 Å². The van der Waals surface area contributed by atoms with Gasteiger partial charge >= 0.3 is 0 Å². The standard InChI is InChI=1S/C10H17N3/c1-9-2-4-10(5-3-9)8-12-6-7-13-11/h2-5,12-13H,6-8,11H2,1H3. The average molecular weight is 179 g/mol. The molecule has 0 unspecified atom stereocenters. The molecule has 0 aliphatic rings. The van der Waals surface area contributed by atoms with Gasteiger partial charge in [0.25, 0.3) is 0 Å². The van der Waals surface area contributed by atoms with E-state index in [0.29, 0.717) is 0 Å². The van der Waals surface area contributed by atoms with Crippen LogP contribution in [0.4, 0.5) is 0 Å². The van der Waals surface area contributed by atoms with E-state index < -0.39 is 0 Å². The fourth-order valence-corrected chi connectivity index (χ4v) is 1.10. The molecule has 0 heterocycles. The second kappa shape index (κ2) is 5.70. The summed E-state index contributed by atoms with van der Waals surface area (Å²) in [5.41, 5.74) is 5.21. The van der Waals surface area contributed by atoms with Crippen LogP contribution < -0.4 is 16.6 Å². The fraction of sp³-hybridized carbons (Fsp3) is 0.400. The minimum atomic E-state index is 0.797. The molecule has 0 aliphatic heterocycles. The van der Waals surface area contributed by atoms with Crippen LogP contribution >= 0.6 is 0 Å². The van der Waals surface area contributed by atoms with E-state index in [9.17, 15) is 0 Å². The molecule has 0 amide bonds. The van der Waals surface area contributed by atoms with Crippen LogP contribution in [0.25, 0.3) is 0 Å². The Morgan fingerprint density at radius 3 is 2.46 bits per heavy atom. The first kappa shape index (κ1) is 10.2. The Hall–Kier alpha value is -0.900. The number of hydrogen-bond acceptors (Lipinski definition) is 3. The lowest BCUT2D eigenvalue weighted by atomic mass is 10.1. The van der Waals surface area contributed by atoms with Gasteiger partial charge in [0.05, 0.1) is 0 Å². The Labute approximate surface area is 79.3 Å². The lowest BCUT2D eigenvalue weighted by Gasteiger charge is -2.04. The summed E-state index contributed by atoms with van der Waals surface area (Å²) in [6, 6.07) is 8.52. The van der Waals surface area contributed by atoms with Gasteiger partial charge in [0.2, 0.25) is 0 Å². The highest BCUT2D eigenvalue weighted by Crippen LogP contribution is 2.01. The third-order valence-electron chi connectivity index (χ3n) is 1.90. The van der Waals surface area contributed by atoms with Crippen LogP contribution in [0.3, 0.4) is 0 Å². The molecule has 1 aromatic carbocycles. The number of hydrogen-bond donors (Lipinski definition) is 3. The number of rotatable bonds is 5. The van der Waals surface area contributed by atoms with E-state index in [2.05, 4.69) is 41.9 Å². The summed E-state index contributed by atoms with van der Waals surface area (Å²) in [4.78, 5) is 0. The number of aryl methyl sites for hydroxylation is 1. The smallest absolute Gasteiger partial charge is 0.0223 e. The predicted molar refractivity (Wildman–Crippen MR) is 55.1 cm³/mol. The molecule has 3 nitrogen and oxygen atoms in total. The normalized spacial score (nSPS) is 10.3. The van der Waals surface area contributed by atoms with E-state index in [0.717, 1.165) is 19.6 Å². The minimum Gasteiger partial charge on any atom is -0.311 e. The SMILES string of the molecule is Cc1ccc(CNCCNN)cc1. The highest BCUT2D eigenvalue weighted by Gasteiger charge is 1.90. The van der Waals surface area contributed by atoms with Crippen LogP contribution in [-0.2, 0) is 6.54 Å². The van der Waals surface area contributed by atoms with Crippen molar-refractivity contribution >= 4 is 0 Å². The zero-order valence-corrected chi connectivity index (χ0v) is 8.01. The molecular formula is C10H17N3. The third kappa shape index (κ3) is 4.03. The highest BCUT2D eigenvalue weighted by atomic mass is 15.2. The maximum absolute atomic E-state index is 5.14. The lowest BCUT2D eigenvalue weighted by molar-refractivity contribution is 0.628. The van der Waals surface area contributed by atoms with Crippen LogP contribution in [-0.4, -0.2) is 13.1 Å². The van der Waals surface area contributed by atoms with Crippen LogP contribution in [0.15, 0.2) is 24.3 Å². The molecule has 0 aliphatic carbocycles. The molecule has 0 bridgehead atoms. The fourth-order valence-electron chi connectivity index (χ4n) is 1.10. The maximum atomic E-state index is 5.14. The van der Waals surface area contributed by atoms with Gasteiger partial charge in [0, 0.05) is 19.6 Å². The van der Waals surface area contributed by atoms with E-state index in [1.165, 1.54) is 11.1 Å². The van der Waals surface area contributed by atoms with Crippen LogP contribution in [0, 0.1) is 6.92 Å². The van der Waals surface area contributed by atoms with Crippen LogP contribution in [0.1, 0.15) is 11.1 Å². The molecule has 0 radical (unpaired) electrons. The van der Waals surface area contributed by atoms with E-state index in [-0.39, 0.29) is 0 Å². The maximum Gasteiger partial charge on any atom is 0.0223 e. The monoisotopic (exact) mass is 179 g/mol. The number of hydrazine groups is 1. The number of nitrogens with two attached hydrogens (primary N) is 1. The van der Waals surface area contributed by atoms with Gasteiger partial charge in [0.15, 0.2) is 0 Å². The summed E-state index contributed by atoms with van der Waals surface area (Å²) in [5.74, 6) is 5.14. The number of nitrogens with one attached hydrogen (secondary N) is 2. The van der Waals surface area contributed by atoms with Crippen molar-refractivity contribution < 1.29 is 0 Å². The van der Waals surface area contributed by atoms with E-state index in [1.54, 1.807) is 0 Å². The Morgan fingerprint density at radius 1 is 1.15 bits per heavy atom. The van der Waals surface area contributed by atoms with Crippen molar-refractivity contribution in [1.29, 1.82) is 0 Å². The van der Waals surface area contributed by atoms with Gasteiger partial charge < -0.3 is 5.32 Å². The van der Waals surface area contributed by atoms with Crippen molar-refractivity contribution in [2.24, 2.45) is 5.84 Å². The van der Waals surface area contributed by atoms with Gasteiger partial charge in [-0.15, -0.1) is 0 Å². The van der Waals surface area contributed by atoms with Crippen molar-refractivity contribution in [2.75, 3.05) is 13.1 Å². The van der Waals surface area contributed by atoms with Gasteiger partial charge in [-0.1, -0.05) is 29.8 Å². The van der Waals surface area contributed by atoms with Crippen molar-refractivity contribution in [3.63, 3.8) is 0 Å². The molecule has 0 aromatic heterocycles. The van der Waals surface area contributed by atoms with Crippen LogP contribution in [0.2, 0.25) is 0 Å². The van der Waals surface area contributed by atoms with Crippen molar-refractivity contribution in [3.8, 4) is 0 Å². The van der Waals surface area contributed by atoms with Gasteiger partial charge in [0.1, 0.15) is 0 Å². The summed E-state index contributed by atoms with van der Waals surface area (Å²) in [6.45, 7) is 4.69. The highest BCUT2D eigenvalue weighted by molar-refractivity contribution is 5.20. The Kier molecular flexibility index (Phi) is 4.46. The molecule has 13 heavy (non-hydrogen) atoms. The molecular weight excluding hydrogens is 162 g/mol. The minimum absolute atomic E-state index is 0.797. The first-order chi connectivity index (χ1) is 6.33. The van der Waals surface area contributed by atoms with E-state index >= 15 is 0 Å². The molecule has 1 rings (SSSR count). The van der Waals surface area contributed by atoms with E-state index in [4.69, 9.17) is 5.84 Å². The quantitative estimate of drug-likeness (QED) is 0.351. The third-order valence-corrected chi connectivity index (χ3v) is 1.90. The zero-order valence-electron chi connectivity index (χ0n) is 8.01. The molecule has 0 fully saturated rings. The van der Waals surface area contributed by atoms with Gasteiger partial charge in [-0.05, 0) is 12.5 Å². The topological polar surface area (TPSA) is 50.1 Å². The summed E-state index contributed by atoms with van der Waals surface area (Å²) in [7, 11) is 0. The largest absolute Gasteiger partial charge is 0.311 e.